The Morgan fingerprint density at radius 3 is 2.18 bits per heavy atom. The van der Waals surface area contributed by atoms with Crippen LogP contribution in [0.4, 0.5) is 11.9 Å². The van der Waals surface area contributed by atoms with Crippen LogP contribution in [0.15, 0.2) is 83.8 Å². The average Bonchev–Trinajstić information content (AvgIpc) is 3.21. The Balaban J connectivity index is 1.53. The highest BCUT2D eigenvalue weighted by Gasteiger charge is 2.27. The minimum Gasteiger partial charge on any atom is -0.324 e. The minimum atomic E-state index is -3.85. The molecule has 0 spiro atoms. The van der Waals surface area contributed by atoms with Gasteiger partial charge in [-0.1, -0.05) is 65.2 Å². The Hall–Kier alpha value is -3.33. The van der Waals surface area contributed by atoms with Crippen LogP contribution in [0.2, 0.25) is 10.0 Å². The fraction of sp³-hybridized carbons (Fsp3) is 0.0833. The first-order valence-electron chi connectivity index (χ1n) is 10.3. The van der Waals surface area contributed by atoms with Crippen molar-refractivity contribution in [1.29, 1.82) is 0 Å². The summed E-state index contributed by atoms with van der Waals surface area (Å²) in [7, 11) is -3.85. The molecule has 0 radical (unpaired) electrons. The number of hydrogen-bond acceptors (Lipinski definition) is 5. The smallest absolute Gasteiger partial charge is 0.264 e. The van der Waals surface area contributed by atoms with E-state index in [4.69, 9.17) is 23.2 Å². The van der Waals surface area contributed by atoms with Crippen molar-refractivity contribution in [3.8, 4) is 0 Å². The van der Waals surface area contributed by atoms with Gasteiger partial charge in [-0.15, -0.1) is 5.10 Å². The van der Waals surface area contributed by atoms with Gasteiger partial charge in [0.2, 0.25) is 5.95 Å². The number of aromatic nitrogens is 3. The number of sulfonamides is 1. The lowest BCUT2D eigenvalue weighted by Gasteiger charge is -2.24. The molecule has 4 aromatic rings. The molecule has 7 nitrogen and oxygen atoms in total. The van der Waals surface area contributed by atoms with Crippen LogP contribution in [0.1, 0.15) is 22.7 Å². The number of fused-ring (bicyclic) bond motifs is 1. The van der Waals surface area contributed by atoms with Gasteiger partial charge in [0.25, 0.3) is 16.0 Å². The largest absolute Gasteiger partial charge is 0.324 e. The minimum absolute atomic E-state index is 0.0344. The highest BCUT2D eigenvalue weighted by atomic mass is 35.5. The molecule has 172 valence electrons. The Labute approximate surface area is 207 Å². The molecule has 3 aromatic carbocycles. The van der Waals surface area contributed by atoms with Crippen molar-refractivity contribution in [3.63, 3.8) is 0 Å². The molecule has 5 rings (SSSR count). The van der Waals surface area contributed by atoms with E-state index in [-0.39, 0.29) is 16.9 Å². The topological polar surface area (TPSA) is 88.9 Å². The van der Waals surface area contributed by atoms with Crippen LogP contribution in [0.3, 0.4) is 0 Å². The summed E-state index contributed by atoms with van der Waals surface area (Å²) in [6, 6.07) is 21.0. The van der Waals surface area contributed by atoms with Gasteiger partial charge in [-0.2, -0.15) is 4.98 Å². The number of hydrogen-bond donors (Lipinski definition) is 2. The second-order valence-corrected chi connectivity index (χ2v) is 10.4. The maximum Gasteiger partial charge on any atom is 0.264 e. The summed E-state index contributed by atoms with van der Waals surface area (Å²) in [5, 5.41) is 8.94. The number of benzene rings is 3. The molecule has 10 heteroatoms. The van der Waals surface area contributed by atoms with Crippen LogP contribution in [0, 0.1) is 6.92 Å². The van der Waals surface area contributed by atoms with Crippen molar-refractivity contribution < 1.29 is 8.42 Å². The fourth-order valence-corrected chi connectivity index (χ4v) is 4.82. The first-order valence-corrected chi connectivity index (χ1v) is 12.6. The predicted octanol–water partition coefficient (Wildman–Crippen LogP) is 5.75. The van der Waals surface area contributed by atoms with E-state index < -0.39 is 10.0 Å². The third-order valence-electron chi connectivity index (χ3n) is 5.39. The van der Waals surface area contributed by atoms with E-state index in [9.17, 15) is 8.42 Å². The lowest BCUT2D eigenvalue weighted by Crippen LogP contribution is -2.20. The zero-order chi connectivity index (χ0) is 23.9. The molecule has 0 saturated heterocycles. The SMILES string of the molecule is Cc1ccc(S(=O)(=O)Nc2nc3n(n2)C(c2ccc(Cl)cc2)C=C(c2ccc(Cl)cc2)N3)cc1. The summed E-state index contributed by atoms with van der Waals surface area (Å²) >= 11 is 12.1. The molecule has 2 N–H and O–H groups in total. The van der Waals surface area contributed by atoms with Crippen LogP contribution in [-0.2, 0) is 10.0 Å². The molecule has 34 heavy (non-hydrogen) atoms. The van der Waals surface area contributed by atoms with Gasteiger partial charge in [0.15, 0.2) is 0 Å². The Morgan fingerprint density at radius 2 is 1.53 bits per heavy atom. The summed E-state index contributed by atoms with van der Waals surface area (Å²) in [4.78, 5) is 4.56. The number of allylic oxidation sites excluding steroid dienone is 1. The number of anilines is 2. The molecule has 0 aliphatic carbocycles. The zero-order valence-electron chi connectivity index (χ0n) is 17.9. The van der Waals surface area contributed by atoms with E-state index in [0.717, 1.165) is 22.4 Å². The van der Waals surface area contributed by atoms with Crippen molar-refractivity contribution in [1.82, 2.24) is 14.8 Å². The lowest BCUT2D eigenvalue weighted by molar-refractivity contribution is 0.598. The number of halogens is 2. The van der Waals surface area contributed by atoms with E-state index in [1.807, 2.05) is 37.3 Å². The molecule has 0 bridgehead atoms. The summed E-state index contributed by atoms with van der Waals surface area (Å²) in [6.45, 7) is 1.89. The predicted molar refractivity (Wildman–Crippen MR) is 135 cm³/mol. The third-order valence-corrected chi connectivity index (χ3v) is 7.24. The van der Waals surface area contributed by atoms with Crippen molar-refractivity contribution >= 4 is 50.8 Å². The monoisotopic (exact) mass is 511 g/mol. The molecule has 0 saturated carbocycles. The Morgan fingerprint density at radius 1 is 0.912 bits per heavy atom. The van der Waals surface area contributed by atoms with Gasteiger partial charge in [0, 0.05) is 15.7 Å². The second kappa shape index (κ2) is 8.79. The highest BCUT2D eigenvalue weighted by Crippen LogP contribution is 2.34. The Bertz CT molecular complexity index is 1480. The number of aryl methyl sites for hydroxylation is 1. The van der Waals surface area contributed by atoms with E-state index in [2.05, 4.69) is 20.1 Å². The molecular weight excluding hydrogens is 493 g/mol. The van der Waals surface area contributed by atoms with Crippen LogP contribution in [0.25, 0.3) is 5.70 Å². The first-order chi connectivity index (χ1) is 16.3. The van der Waals surface area contributed by atoms with Gasteiger partial charge in [0.1, 0.15) is 6.04 Å². The molecule has 1 unspecified atom stereocenters. The van der Waals surface area contributed by atoms with Gasteiger partial charge in [-0.05, 0) is 60.5 Å². The van der Waals surface area contributed by atoms with Crippen LogP contribution >= 0.6 is 23.2 Å². The van der Waals surface area contributed by atoms with Gasteiger partial charge in [-0.25, -0.2) is 17.8 Å². The zero-order valence-corrected chi connectivity index (χ0v) is 20.2. The van der Waals surface area contributed by atoms with E-state index in [1.54, 1.807) is 53.2 Å². The van der Waals surface area contributed by atoms with Gasteiger partial charge < -0.3 is 5.32 Å². The molecule has 0 amide bonds. The lowest BCUT2D eigenvalue weighted by atomic mass is 10.0. The average molecular weight is 512 g/mol. The summed E-state index contributed by atoms with van der Waals surface area (Å²) in [5.41, 5.74) is 3.57. The standard InChI is InChI=1S/C24H19Cl2N5O2S/c1-15-2-12-20(13-3-15)34(32,33)30-23-28-24-27-21(16-4-8-18(25)9-5-16)14-22(31(24)29-23)17-6-10-19(26)11-7-17/h2-14,22H,1H3,(H2,27,28,29,30). The van der Waals surface area contributed by atoms with E-state index >= 15 is 0 Å². The molecular formula is C24H19Cl2N5O2S. The van der Waals surface area contributed by atoms with E-state index in [0.29, 0.717) is 16.0 Å². The van der Waals surface area contributed by atoms with Gasteiger partial charge in [-0.3, -0.25) is 0 Å². The maximum absolute atomic E-state index is 12.9. The molecule has 2 heterocycles. The number of nitrogens with zero attached hydrogens (tertiary/aromatic N) is 3. The first kappa shape index (κ1) is 22.5. The van der Waals surface area contributed by atoms with Crippen LogP contribution in [0.5, 0.6) is 0 Å². The number of rotatable bonds is 5. The molecule has 0 fully saturated rings. The quantitative estimate of drug-likeness (QED) is 0.356. The van der Waals surface area contributed by atoms with Crippen molar-refractivity contribution in [2.24, 2.45) is 0 Å². The highest BCUT2D eigenvalue weighted by molar-refractivity contribution is 7.92. The molecule has 1 aliphatic rings. The fourth-order valence-electron chi connectivity index (χ4n) is 3.63. The summed E-state index contributed by atoms with van der Waals surface area (Å²) in [6.07, 6.45) is 1.99. The van der Waals surface area contributed by atoms with Gasteiger partial charge in [0.05, 0.1) is 4.90 Å². The molecule has 1 atom stereocenters. The van der Waals surface area contributed by atoms with Crippen molar-refractivity contribution in [2.75, 3.05) is 10.0 Å². The second-order valence-electron chi connectivity index (χ2n) is 7.83. The normalized spacial score (nSPS) is 15.3. The molecule has 1 aliphatic heterocycles. The molecule has 1 aromatic heterocycles. The van der Waals surface area contributed by atoms with Crippen molar-refractivity contribution in [3.05, 3.63) is 106 Å². The third kappa shape index (κ3) is 4.52. The maximum atomic E-state index is 12.9. The van der Waals surface area contributed by atoms with Crippen molar-refractivity contribution in [2.45, 2.75) is 17.9 Å². The number of nitrogens with one attached hydrogen (secondary N) is 2. The Kier molecular flexibility index (Phi) is 5.81. The summed E-state index contributed by atoms with van der Waals surface area (Å²) < 4.78 is 29.9. The van der Waals surface area contributed by atoms with Gasteiger partial charge >= 0.3 is 0 Å². The van der Waals surface area contributed by atoms with E-state index in [1.165, 1.54) is 0 Å². The van der Waals surface area contributed by atoms with Crippen LogP contribution in [-0.4, -0.2) is 23.2 Å². The summed E-state index contributed by atoms with van der Waals surface area (Å²) in [5.74, 6) is 0.363. The van der Waals surface area contributed by atoms with Crippen LogP contribution < -0.4 is 10.0 Å².